The quantitative estimate of drug-likeness (QED) is 0.513. The Labute approximate surface area is 130 Å². The van der Waals surface area contributed by atoms with E-state index in [1.165, 1.54) is 36.4 Å². The summed E-state index contributed by atoms with van der Waals surface area (Å²) in [7, 11) is 0. The molecule has 1 nitrogen and oxygen atoms in total. The predicted octanol–water partition coefficient (Wildman–Crippen LogP) is 5.16. The molecule has 0 atom stereocenters. The topological polar surface area (TPSA) is 26.0 Å². The summed E-state index contributed by atoms with van der Waals surface area (Å²) >= 11 is 0. The number of rotatable bonds is 2. The maximum atomic E-state index is 14.8. The van der Waals surface area contributed by atoms with Crippen molar-refractivity contribution in [1.82, 2.24) is 0 Å². The monoisotopic (exact) mass is 317 g/mol. The van der Waals surface area contributed by atoms with Gasteiger partial charge in [0.1, 0.15) is 17.5 Å². The first-order valence-corrected chi connectivity index (χ1v) is 6.76. The zero-order valence-corrected chi connectivity index (χ0v) is 11.8. The van der Waals surface area contributed by atoms with Crippen molar-refractivity contribution in [2.24, 2.45) is 0 Å². The van der Waals surface area contributed by atoms with Crippen LogP contribution in [0.4, 0.5) is 23.2 Å². The van der Waals surface area contributed by atoms with Gasteiger partial charge in [0.15, 0.2) is 5.82 Å². The molecular formula is C18H11F4N. The molecule has 0 aliphatic heterocycles. The third-order valence-electron chi connectivity index (χ3n) is 3.52. The molecule has 3 aromatic rings. The van der Waals surface area contributed by atoms with E-state index in [0.29, 0.717) is 5.56 Å². The number of hydrogen-bond donors (Lipinski definition) is 1. The first kappa shape index (κ1) is 15.1. The molecule has 0 radical (unpaired) electrons. The minimum atomic E-state index is -0.917. The van der Waals surface area contributed by atoms with Gasteiger partial charge in [-0.15, -0.1) is 0 Å². The largest absolute Gasteiger partial charge is 0.396 e. The van der Waals surface area contributed by atoms with Crippen molar-refractivity contribution in [3.05, 3.63) is 77.9 Å². The van der Waals surface area contributed by atoms with Gasteiger partial charge in [0.25, 0.3) is 0 Å². The Bertz CT molecular complexity index is 856. The van der Waals surface area contributed by atoms with E-state index in [1.807, 2.05) is 0 Å². The molecule has 23 heavy (non-hydrogen) atoms. The number of anilines is 1. The summed E-state index contributed by atoms with van der Waals surface area (Å²) in [5.41, 5.74) is 5.62. The molecule has 0 aliphatic carbocycles. The molecule has 0 fully saturated rings. The highest BCUT2D eigenvalue weighted by atomic mass is 19.1. The lowest BCUT2D eigenvalue weighted by Gasteiger charge is -2.12. The van der Waals surface area contributed by atoms with Crippen LogP contribution in [0.3, 0.4) is 0 Å². The average Bonchev–Trinajstić information content (AvgIpc) is 2.54. The summed E-state index contributed by atoms with van der Waals surface area (Å²) in [6.07, 6.45) is 0. The summed E-state index contributed by atoms with van der Waals surface area (Å²) in [5.74, 6) is -2.74. The molecular weight excluding hydrogens is 306 g/mol. The second-order valence-corrected chi connectivity index (χ2v) is 5.03. The van der Waals surface area contributed by atoms with Crippen molar-refractivity contribution in [1.29, 1.82) is 0 Å². The fourth-order valence-electron chi connectivity index (χ4n) is 2.37. The number of nitrogens with two attached hydrogens (primary N) is 1. The smallest absolute Gasteiger partial charge is 0.156 e. The molecule has 5 heteroatoms. The number of halogens is 4. The molecule has 0 amide bonds. The lowest BCUT2D eigenvalue weighted by molar-refractivity contribution is 0.594. The van der Waals surface area contributed by atoms with E-state index in [4.69, 9.17) is 5.73 Å². The predicted molar refractivity (Wildman–Crippen MR) is 81.6 cm³/mol. The lowest BCUT2D eigenvalue weighted by Crippen LogP contribution is -2.00. The van der Waals surface area contributed by atoms with Gasteiger partial charge in [-0.1, -0.05) is 24.3 Å². The molecule has 0 saturated carbocycles. The molecule has 0 saturated heterocycles. The van der Waals surface area contributed by atoms with Crippen LogP contribution in [0, 0.1) is 23.3 Å². The third-order valence-corrected chi connectivity index (χ3v) is 3.52. The van der Waals surface area contributed by atoms with Crippen LogP contribution in [0.15, 0.2) is 54.6 Å². The van der Waals surface area contributed by atoms with E-state index in [2.05, 4.69) is 0 Å². The van der Waals surface area contributed by atoms with Gasteiger partial charge in [-0.05, 0) is 41.5 Å². The molecule has 0 unspecified atom stereocenters. The van der Waals surface area contributed by atoms with Crippen LogP contribution in [0.25, 0.3) is 22.3 Å². The van der Waals surface area contributed by atoms with Crippen LogP contribution < -0.4 is 5.73 Å². The molecule has 0 aliphatic rings. The molecule has 3 aromatic carbocycles. The van der Waals surface area contributed by atoms with Gasteiger partial charge in [-0.2, -0.15) is 0 Å². The van der Waals surface area contributed by atoms with E-state index in [0.717, 1.165) is 18.2 Å². The Balaban J connectivity index is 2.24. The van der Waals surface area contributed by atoms with E-state index in [1.54, 1.807) is 0 Å². The second kappa shape index (κ2) is 5.76. The standard InChI is InChI=1S/C18H11F4N/c19-12-5-1-10(2-6-12)14-9-15(23)18(22)16(17(14)21)11-3-7-13(20)8-4-11/h1-9H,23H2. The van der Waals surface area contributed by atoms with Crippen LogP contribution in [0.2, 0.25) is 0 Å². The molecule has 0 bridgehead atoms. The molecule has 3 rings (SSSR count). The first-order chi connectivity index (χ1) is 11.0. The van der Waals surface area contributed by atoms with Gasteiger partial charge < -0.3 is 5.73 Å². The van der Waals surface area contributed by atoms with Crippen molar-refractivity contribution in [2.45, 2.75) is 0 Å². The van der Waals surface area contributed by atoms with Gasteiger partial charge in [-0.3, -0.25) is 0 Å². The van der Waals surface area contributed by atoms with Crippen LogP contribution >= 0.6 is 0 Å². The molecule has 116 valence electrons. The fourth-order valence-corrected chi connectivity index (χ4v) is 2.37. The maximum absolute atomic E-state index is 14.8. The zero-order valence-electron chi connectivity index (χ0n) is 11.8. The Hall–Kier alpha value is -2.82. The lowest BCUT2D eigenvalue weighted by atomic mass is 9.96. The summed E-state index contributed by atoms with van der Waals surface area (Å²) in [6.45, 7) is 0. The minimum Gasteiger partial charge on any atom is -0.396 e. The second-order valence-electron chi connectivity index (χ2n) is 5.03. The van der Waals surface area contributed by atoms with Gasteiger partial charge in [-0.25, -0.2) is 17.6 Å². The average molecular weight is 317 g/mol. The van der Waals surface area contributed by atoms with E-state index >= 15 is 0 Å². The van der Waals surface area contributed by atoms with Crippen molar-refractivity contribution in [3.63, 3.8) is 0 Å². The molecule has 0 aromatic heterocycles. The van der Waals surface area contributed by atoms with Crippen molar-refractivity contribution < 1.29 is 17.6 Å². The summed E-state index contributed by atoms with van der Waals surface area (Å²) in [5, 5.41) is 0. The van der Waals surface area contributed by atoms with Crippen LogP contribution in [0.5, 0.6) is 0 Å². The van der Waals surface area contributed by atoms with Crippen molar-refractivity contribution >= 4 is 5.69 Å². The normalized spacial score (nSPS) is 10.8. The summed E-state index contributed by atoms with van der Waals surface area (Å²) in [6, 6.07) is 11.0. The van der Waals surface area contributed by atoms with Gasteiger partial charge in [0.2, 0.25) is 0 Å². The van der Waals surface area contributed by atoms with E-state index < -0.39 is 23.3 Å². The third kappa shape index (κ3) is 2.77. The van der Waals surface area contributed by atoms with Crippen LogP contribution in [-0.4, -0.2) is 0 Å². The number of hydrogen-bond acceptors (Lipinski definition) is 1. The van der Waals surface area contributed by atoms with Crippen molar-refractivity contribution in [2.75, 3.05) is 5.73 Å². The maximum Gasteiger partial charge on any atom is 0.156 e. The first-order valence-electron chi connectivity index (χ1n) is 6.76. The molecule has 2 N–H and O–H groups in total. The SMILES string of the molecule is Nc1cc(-c2ccc(F)cc2)c(F)c(-c2ccc(F)cc2)c1F. The fraction of sp³-hybridized carbons (Fsp3) is 0. The van der Waals surface area contributed by atoms with Gasteiger partial charge in [0, 0.05) is 5.56 Å². The zero-order chi connectivity index (χ0) is 16.6. The molecule has 0 spiro atoms. The van der Waals surface area contributed by atoms with E-state index in [-0.39, 0.29) is 22.4 Å². The summed E-state index contributed by atoms with van der Waals surface area (Å²) < 4.78 is 55.1. The molecule has 0 heterocycles. The highest BCUT2D eigenvalue weighted by Crippen LogP contribution is 2.36. The van der Waals surface area contributed by atoms with E-state index in [9.17, 15) is 17.6 Å². The number of benzene rings is 3. The Morgan fingerprint density at radius 3 is 1.61 bits per heavy atom. The van der Waals surface area contributed by atoms with Crippen LogP contribution in [-0.2, 0) is 0 Å². The Kier molecular flexibility index (Phi) is 3.78. The number of nitrogen functional groups attached to an aromatic ring is 1. The highest BCUT2D eigenvalue weighted by Gasteiger charge is 2.19. The van der Waals surface area contributed by atoms with Crippen molar-refractivity contribution in [3.8, 4) is 22.3 Å². The summed E-state index contributed by atoms with van der Waals surface area (Å²) in [4.78, 5) is 0. The van der Waals surface area contributed by atoms with Crippen LogP contribution in [0.1, 0.15) is 0 Å². The minimum absolute atomic E-state index is 0.0447. The highest BCUT2D eigenvalue weighted by molar-refractivity contribution is 5.79. The Morgan fingerprint density at radius 1 is 0.609 bits per heavy atom. The van der Waals surface area contributed by atoms with Gasteiger partial charge >= 0.3 is 0 Å². The Morgan fingerprint density at radius 2 is 1.09 bits per heavy atom. The van der Waals surface area contributed by atoms with Gasteiger partial charge in [0.05, 0.1) is 11.3 Å².